The fraction of sp³-hybridized carbons (Fsp3) is 0. The van der Waals surface area contributed by atoms with Crippen LogP contribution >= 0.6 is 0 Å². The van der Waals surface area contributed by atoms with Gasteiger partial charge < -0.3 is 15.1 Å². The first kappa shape index (κ1) is 6.03. The van der Waals surface area contributed by atoms with E-state index in [-0.39, 0.29) is 5.69 Å². The van der Waals surface area contributed by atoms with E-state index < -0.39 is 5.97 Å². The van der Waals surface area contributed by atoms with Crippen molar-refractivity contribution in [1.29, 1.82) is 0 Å². The van der Waals surface area contributed by atoms with E-state index in [1.807, 2.05) is 0 Å². The van der Waals surface area contributed by atoms with Crippen molar-refractivity contribution in [2.45, 2.75) is 0 Å². The lowest BCUT2D eigenvalue weighted by Crippen LogP contribution is -1.94. The first-order valence-corrected chi connectivity index (χ1v) is 3.16. The lowest BCUT2D eigenvalue weighted by molar-refractivity contribution is 0.0691. The summed E-state index contributed by atoms with van der Waals surface area (Å²) in [6.45, 7) is 0. The highest BCUT2D eigenvalue weighted by Gasteiger charge is 2.06. The van der Waals surface area contributed by atoms with Crippen molar-refractivity contribution in [2.75, 3.05) is 0 Å². The van der Waals surface area contributed by atoms with E-state index >= 15 is 0 Å². The molecule has 0 spiro atoms. The van der Waals surface area contributed by atoms with Crippen molar-refractivity contribution >= 4 is 16.9 Å². The molecule has 0 saturated carbocycles. The van der Waals surface area contributed by atoms with E-state index in [9.17, 15) is 4.79 Å². The van der Waals surface area contributed by atoms with Crippen LogP contribution < -0.4 is 0 Å². The van der Waals surface area contributed by atoms with Crippen LogP contribution in [0, 0.1) is 0 Å². The summed E-state index contributed by atoms with van der Waals surface area (Å²) in [6.07, 6.45) is 3.47. The van der Waals surface area contributed by atoms with Crippen LogP contribution in [-0.4, -0.2) is 21.0 Å². The number of fused-ring (bicyclic) bond motifs is 1. The molecule has 4 heteroatoms. The molecule has 0 aliphatic rings. The van der Waals surface area contributed by atoms with Gasteiger partial charge in [-0.1, -0.05) is 0 Å². The predicted octanol–water partition coefficient (Wildman–Crippen LogP) is 1.19. The number of carboxylic acid groups (broad SMARTS) is 1. The maximum Gasteiger partial charge on any atom is 0.352 e. The van der Waals surface area contributed by atoms with Crippen molar-refractivity contribution in [3.05, 3.63) is 24.2 Å². The summed E-state index contributed by atoms with van der Waals surface area (Å²) in [6, 6.07) is 1.59. The lowest BCUT2D eigenvalue weighted by Gasteiger charge is -1.82. The lowest BCUT2D eigenvalue weighted by atomic mass is 10.4. The van der Waals surface area contributed by atoms with Crippen LogP contribution in [-0.2, 0) is 0 Å². The molecule has 0 atom stereocenters. The Morgan fingerprint density at radius 3 is 2.91 bits per heavy atom. The van der Waals surface area contributed by atoms with Crippen LogP contribution in [0.15, 0.2) is 18.5 Å². The zero-order valence-corrected chi connectivity index (χ0v) is 5.59. The summed E-state index contributed by atoms with van der Waals surface area (Å²) in [5.41, 5.74) is 1.05. The van der Waals surface area contributed by atoms with Gasteiger partial charge in [0.25, 0.3) is 0 Å². The molecule has 0 aromatic carbocycles. The minimum atomic E-state index is -0.929. The van der Waals surface area contributed by atoms with Gasteiger partial charge in [0.1, 0.15) is 5.69 Å². The Bertz CT molecular complexity index is 371. The number of carbonyl (C=O) groups is 1. The Labute approximate surface area is 61.9 Å². The van der Waals surface area contributed by atoms with Gasteiger partial charge in [-0.2, -0.15) is 0 Å². The smallest absolute Gasteiger partial charge is 0.352 e. The van der Waals surface area contributed by atoms with Crippen LogP contribution in [0.1, 0.15) is 10.5 Å². The maximum absolute atomic E-state index is 10.4. The van der Waals surface area contributed by atoms with E-state index in [1.54, 1.807) is 18.5 Å². The molecule has 2 heterocycles. The van der Waals surface area contributed by atoms with Gasteiger partial charge in [-0.25, -0.2) is 4.79 Å². The van der Waals surface area contributed by atoms with Gasteiger partial charge in [0.05, 0.1) is 5.52 Å². The minimum absolute atomic E-state index is 0.226. The average Bonchev–Trinajstić information content (AvgIpc) is 2.40. The molecule has 0 saturated heterocycles. The molecule has 0 bridgehead atoms. The van der Waals surface area contributed by atoms with Gasteiger partial charge in [0.15, 0.2) is 0 Å². The summed E-state index contributed by atoms with van der Waals surface area (Å²) in [7, 11) is 0. The summed E-state index contributed by atoms with van der Waals surface area (Å²) in [4.78, 5) is 16.0. The van der Waals surface area contributed by atoms with Crippen molar-refractivity contribution in [3.63, 3.8) is 0 Å². The highest BCUT2D eigenvalue weighted by atomic mass is 16.4. The Morgan fingerprint density at radius 1 is 1.45 bits per heavy atom. The number of aromatic amines is 2. The standard InChI is InChI=1S/C7H6N2O2/c10-7(11)5-1-4-2-8-3-6(4)9-5/h1-3,8-9H,(H,10,11). The molecule has 0 amide bonds. The molecule has 4 nitrogen and oxygen atoms in total. The van der Waals surface area contributed by atoms with E-state index in [0.717, 1.165) is 10.9 Å². The fourth-order valence-electron chi connectivity index (χ4n) is 1.06. The molecule has 2 rings (SSSR count). The zero-order valence-electron chi connectivity index (χ0n) is 5.59. The quantitative estimate of drug-likeness (QED) is 0.571. The third-order valence-corrected chi connectivity index (χ3v) is 1.58. The molecule has 0 aliphatic carbocycles. The Balaban J connectivity index is 2.67. The molecule has 56 valence electrons. The monoisotopic (exact) mass is 150 g/mol. The van der Waals surface area contributed by atoms with Gasteiger partial charge in [-0.3, -0.25) is 0 Å². The third-order valence-electron chi connectivity index (χ3n) is 1.58. The third kappa shape index (κ3) is 0.797. The Hall–Kier alpha value is -1.71. The van der Waals surface area contributed by atoms with Gasteiger partial charge in [0.2, 0.25) is 0 Å². The van der Waals surface area contributed by atoms with Gasteiger partial charge in [-0.05, 0) is 6.07 Å². The fourth-order valence-corrected chi connectivity index (χ4v) is 1.06. The Morgan fingerprint density at radius 2 is 2.27 bits per heavy atom. The summed E-state index contributed by atoms with van der Waals surface area (Å²) >= 11 is 0. The zero-order chi connectivity index (χ0) is 7.84. The molecular weight excluding hydrogens is 144 g/mol. The Kier molecular flexibility index (Phi) is 1.03. The molecule has 11 heavy (non-hydrogen) atoms. The molecule has 0 fully saturated rings. The van der Waals surface area contributed by atoms with Gasteiger partial charge in [-0.15, -0.1) is 0 Å². The van der Waals surface area contributed by atoms with E-state index in [0.29, 0.717) is 0 Å². The van der Waals surface area contributed by atoms with Crippen LogP contribution in [0.4, 0.5) is 0 Å². The topological polar surface area (TPSA) is 68.9 Å². The minimum Gasteiger partial charge on any atom is -0.477 e. The molecule has 0 radical (unpaired) electrons. The molecule has 2 aromatic heterocycles. The van der Waals surface area contributed by atoms with Crippen molar-refractivity contribution < 1.29 is 9.90 Å². The number of aromatic nitrogens is 2. The second-order valence-corrected chi connectivity index (χ2v) is 2.31. The number of nitrogens with one attached hydrogen (secondary N) is 2. The number of hydrogen-bond donors (Lipinski definition) is 3. The van der Waals surface area contributed by atoms with E-state index in [1.165, 1.54) is 0 Å². The molecular formula is C7H6N2O2. The molecule has 2 aromatic rings. The predicted molar refractivity (Wildman–Crippen MR) is 39.6 cm³/mol. The number of hydrogen-bond acceptors (Lipinski definition) is 1. The number of aromatic carboxylic acids is 1. The highest BCUT2D eigenvalue weighted by molar-refractivity contribution is 5.93. The molecule has 3 N–H and O–H groups in total. The summed E-state index contributed by atoms with van der Waals surface area (Å²) in [5, 5.41) is 9.45. The van der Waals surface area contributed by atoms with E-state index in [2.05, 4.69) is 9.97 Å². The van der Waals surface area contributed by atoms with Gasteiger partial charge >= 0.3 is 5.97 Å². The van der Waals surface area contributed by atoms with Crippen molar-refractivity contribution in [3.8, 4) is 0 Å². The van der Waals surface area contributed by atoms with Crippen LogP contribution in [0.2, 0.25) is 0 Å². The molecule has 0 unspecified atom stereocenters. The highest BCUT2D eigenvalue weighted by Crippen LogP contribution is 2.13. The summed E-state index contributed by atoms with van der Waals surface area (Å²) in [5.74, 6) is -0.929. The first-order chi connectivity index (χ1) is 5.27. The molecule has 0 aliphatic heterocycles. The summed E-state index contributed by atoms with van der Waals surface area (Å²) < 4.78 is 0. The number of H-pyrrole nitrogens is 2. The normalized spacial score (nSPS) is 10.5. The van der Waals surface area contributed by atoms with Crippen molar-refractivity contribution in [1.82, 2.24) is 9.97 Å². The second kappa shape index (κ2) is 1.88. The van der Waals surface area contributed by atoms with Crippen LogP contribution in [0.25, 0.3) is 10.9 Å². The first-order valence-electron chi connectivity index (χ1n) is 3.16. The van der Waals surface area contributed by atoms with Crippen LogP contribution in [0.5, 0.6) is 0 Å². The van der Waals surface area contributed by atoms with Crippen molar-refractivity contribution in [2.24, 2.45) is 0 Å². The SMILES string of the molecule is O=C(O)c1cc2c[nH]cc2[nH]1. The van der Waals surface area contributed by atoms with E-state index in [4.69, 9.17) is 5.11 Å². The number of rotatable bonds is 1. The average molecular weight is 150 g/mol. The second-order valence-electron chi connectivity index (χ2n) is 2.31. The van der Waals surface area contributed by atoms with Gasteiger partial charge in [0, 0.05) is 17.8 Å². The number of carboxylic acids is 1. The largest absolute Gasteiger partial charge is 0.477 e. The van der Waals surface area contributed by atoms with Crippen LogP contribution in [0.3, 0.4) is 0 Å². The maximum atomic E-state index is 10.4.